The van der Waals surface area contributed by atoms with Gasteiger partial charge in [0, 0.05) is 43.5 Å². The molecule has 2 heterocycles. The van der Waals surface area contributed by atoms with Crippen LogP contribution in [0.3, 0.4) is 0 Å². The van der Waals surface area contributed by atoms with Crippen LogP contribution in [0.5, 0.6) is 5.75 Å². The van der Waals surface area contributed by atoms with Crippen LogP contribution < -0.4 is 10.5 Å². The standard InChI is InChI=1S/C29H34N4O4.C2H4O2/c1-19(2)4-3-13-37-25-11-9-21(10-12-25)23-15-31-27(32-16-23)22-7-5-20(6-8-22)14-26(30)28(34)33-17-24(18-33)29(35)36;1-2(3)4/h5-12,15-16,19,24,26H,3-4,13-14,17-18,30H2,1-2H3,(H,35,36);1H3,(H,3,4). The average molecular weight is 563 g/mol. The third-order valence-electron chi connectivity index (χ3n) is 6.56. The van der Waals surface area contributed by atoms with E-state index in [-0.39, 0.29) is 19.0 Å². The quantitative estimate of drug-likeness (QED) is 0.292. The number of benzene rings is 2. The number of carbonyl (C=O) groups excluding carboxylic acids is 1. The second-order valence-electron chi connectivity index (χ2n) is 10.5. The van der Waals surface area contributed by atoms with E-state index in [9.17, 15) is 9.59 Å². The van der Waals surface area contributed by atoms with Crippen LogP contribution in [-0.4, -0.2) is 68.7 Å². The highest BCUT2D eigenvalue weighted by molar-refractivity contribution is 5.85. The molecule has 3 aromatic rings. The number of carboxylic acids is 2. The summed E-state index contributed by atoms with van der Waals surface area (Å²) >= 11 is 0. The van der Waals surface area contributed by atoms with E-state index in [0.717, 1.165) is 54.4 Å². The number of aliphatic carboxylic acids is 2. The van der Waals surface area contributed by atoms with Crippen LogP contribution in [0.1, 0.15) is 39.2 Å². The van der Waals surface area contributed by atoms with Crippen LogP contribution >= 0.6 is 0 Å². The Morgan fingerprint density at radius 2 is 1.51 bits per heavy atom. The van der Waals surface area contributed by atoms with Crippen molar-refractivity contribution in [3.8, 4) is 28.3 Å². The van der Waals surface area contributed by atoms with Gasteiger partial charge in [-0.15, -0.1) is 0 Å². The molecule has 1 atom stereocenters. The van der Waals surface area contributed by atoms with Crippen molar-refractivity contribution >= 4 is 17.8 Å². The van der Waals surface area contributed by atoms with E-state index < -0.39 is 23.9 Å². The normalized spacial score (nSPS) is 13.5. The maximum Gasteiger partial charge on any atom is 0.310 e. The van der Waals surface area contributed by atoms with Gasteiger partial charge in [0.15, 0.2) is 5.82 Å². The number of amides is 1. The van der Waals surface area contributed by atoms with Gasteiger partial charge in [0.25, 0.3) is 5.97 Å². The SMILES string of the molecule is CC(=O)O.CC(C)CCCOc1ccc(-c2cnc(-c3ccc(CC(N)C(=O)N4CC(C(=O)O)C4)cc3)nc2)cc1. The number of hydrogen-bond acceptors (Lipinski definition) is 7. The molecule has 4 N–H and O–H groups in total. The predicted octanol–water partition coefficient (Wildman–Crippen LogP) is 4.13. The van der Waals surface area contributed by atoms with Crippen molar-refractivity contribution in [2.45, 2.75) is 46.1 Å². The number of nitrogens with two attached hydrogens (primary N) is 1. The van der Waals surface area contributed by atoms with Crippen LogP contribution in [0.4, 0.5) is 0 Å². The van der Waals surface area contributed by atoms with Crippen LogP contribution in [-0.2, 0) is 20.8 Å². The van der Waals surface area contributed by atoms with Gasteiger partial charge in [-0.2, -0.15) is 0 Å². The molecular weight excluding hydrogens is 524 g/mol. The molecule has 1 aromatic heterocycles. The molecule has 4 rings (SSSR count). The predicted molar refractivity (Wildman–Crippen MR) is 155 cm³/mol. The monoisotopic (exact) mass is 562 g/mol. The summed E-state index contributed by atoms with van der Waals surface area (Å²) in [6, 6.07) is 14.9. The number of rotatable bonds is 11. The lowest BCUT2D eigenvalue weighted by atomic mass is 9.97. The number of likely N-dealkylation sites (tertiary alicyclic amines) is 1. The van der Waals surface area contributed by atoms with E-state index >= 15 is 0 Å². The van der Waals surface area contributed by atoms with E-state index in [1.807, 2.05) is 48.5 Å². The van der Waals surface area contributed by atoms with Crippen molar-refractivity contribution < 1.29 is 29.3 Å². The number of nitrogens with zero attached hydrogens (tertiary/aromatic N) is 3. The van der Waals surface area contributed by atoms with Gasteiger partial charge >= 0.3 is 5.97 Å². The molecule has 218 valence electrons. The molecule has 2 aromatic carbocycles. The molecule has 41 heavy (non-hydrogen) atoms. The molecule has 10 nitrogen and oxygen atoms in total. The third-order valence-corrected chi connectivity index (χ3v) is 6.56. The second kappa shape index (κ2) is 14.9. The summed E-state index contributed by atoms with van der Waals surface area (Å²) in [4.78, 5) is 42.9. The Balaban J connectivity index is 0.00000108. The smallest absolute Gasteiger partial charge is 0.310 e. The molecule has 1 aliphatic heterocycles. The summed E-state index contributed by atoms with van der Waals surface area (Å²) in [5.74, 6) is -0.251. The van der Waals surface area contributed by atoms with Gasteiger partial charge < -0.3 is 25.6 Å². The summed E-state index contributed by atoms with van der Waals surface area (Å²) < 4.78 is 5.82. The molecule has 0 bridgehead atoms. The highest BCUT2D eigenvalue weighted by atomic mass is 16.5. The van der Waals surface area contributed by atoms with Gasteiger partial charge in [0.05, 0.1) is 18.6 Å². The summed E-state index contributed by atoms with van der Waals surface area (Å²) in [5.41, 5.74) is 9.81. The Morgan fingerprint density at radius 1 is 0.951 bits per heavy atom. The van der Waals surface area contributed by atoms with Crippen LogP contribution in [0.2, 0.25) is 0 Å². The Hall–Kier alpha value is -4.31. The van der Waals surface area contributed by atoms with Gasteiger partial charge in [-0.3, -0.25) is 14.4 Å². The fraction of sp³-hybridized carbons (Fsp3) is 0.387. The molecule has 0 saturated carbocycles. The van der Waals surface area contributed by atoms with Crippen molar-refractivity contribution in [3.05, 3.63) is 66.5 Å². The minimum atomic E-state index is -0.876. The van der Waals surface area contributed by atoms with Crippen molar-refractivity contribution in [2.75, 3.05) is 19.7 Å². The lowest BCUT2D eigenvalue weighted by molar-refractivity contribution is -0.153. The zero-order valence-corrected chi connectivity index (χ0v) is 23.7. The average Bonchev–Trinajstić information content (AvgIpc) is 2.90. The number of aromatic nitrogens is 2. The fourth-order valence-corrected chi connectivity index (χ4v) is 4.23. The number of ether oxygens (including phenoxy) is 1. The van der Waals surface area contributed by atoms with Gasteiger partial charge in [-0.25, -0.2) is 9.97 Å². The zero-order valence-electron chi connectivity index (χ0n) is 23.7. The summed E-state index contributed by atoms with van der Waals surface area (Å²) in [6.07, 6.45) is 6.20. The Kier molecular flexibility index (Phi) is 11.3. The van der Waals surface area contributed by atoms with Crippen molar-refractivity contribution in [1.82, 2.24) is 14.9 Å². The van der Waals surface area contributed by atoms with Crippen LogP contribution in [0.15, 0.2) is 60.9 Å². The maximum absolute atomic E-state index is 12.4. The summed E-state index contributed by atoms with van der Waals surface area (Å²) in [6.45, 7) is 6.69. The summed E-state index contributed by atoms with van der Waals surface area (Å²) in [5, 5.41) is 16.4. The lowest BCUT2D eigenvalue weighted by Gasteiger charge is -2.38. The van der Waals surface area contributed by atoms with E-state index in [1.54, 1.807) is 12.4 Å². The van der Waals surface area contributed by atoms with Gasteiger partial charge in [-0.1, -0.05) is 50.2 Å². The van der Waals surface area contributed by atoms with Crippen LogP contribution in [0, 0.1) is 11.8 Å². The molecule has 10 heteroatoms. The largest absolute Gasteiger partial charge is 0.494 e. The first-order valence-corrected chi connectivity index (χ1v) is 13.6. The molecular formula is C31H38N4O6. The maximum atomic E-state index is 12.4. The van der Waals surface area contributed by atoms with Crippen molar-refractivity contribution in [3.63, 3.8) is 0 Å². The Labute approximate surface area is 240 Å². The third kappa shape index (κ3) is 9.68. The van der Waals surface area contributed by atoms with E-state index in [4.69, 9.17) is 25.5 Å². The van der Waals surface area contributed by atoms with Crippen molar-refractivity contribution in [1.29, 1.82) is 0 Å². The van der Waals surface area contributed by atoms with E-state index in [2.05, 4.69) is 23.8 Å². The van der Waals surface area contributed by atoms with E-state index in [1.165, 1.54) is 4.90 Å². The second-order valence-corrected chi connectivity index (χ2v) is 10.5. The highest BCUT2D eigenvalue weighted by Gasteiger charge is 2.37. The minimum absolute atomic E-state index is 0.216. The minimum Gasteiger partial charge on any atom is -0.494 e. The Bertz CT molecular complexity index is 1280. The first kappa shape index (κ1) is 31.2. The number of carbonyl (C=O) groups is 3. The summed E-state index contributed by atoms with van der Waals surface area (Å²) in [7, 11) is 0. The fourth-order valence-electron chi connectivity index (χ4n) is 4.23. The van der Waals surface area contributed by atoms with Gasteiger partial charge in [-0.05, 0) is 48.4 Å². The molecule has 1 saturated heterocycles. The van der Waals surface area contributed by atoms with E-state index in [0.29, 0.717) is 18.2 Å². The van der Waals surface area contributed by atoms with Crippen LogP contribution in [0.25, 0.3) is 22.5 Å². The molecule has 1 amide bonds. The first-order chi connectivity index (χ1) is 19.5. The van der Waals surface area contributed by atoms with Gasteiger partial charge in [0.1, 0.15) is 5.75 Å². The topological polar surface area (TPSA) is 156 Å². The Morgan fingerprint density at radius 3 is 2.05 bits per heavy atom. The molecule has 0 spiro atoms. The molecule has 1 unspecified atom stereocenters. The molecule has 0 aliphatic carbocycles. The van der Waals surface area contributed by atoms with Crippen molar-refractivity contribution in [2.24, 2.45) is 17.6 Å². The molecule has 0 radical (unpaired) electrons. The zero-order chi connectivity index (χ0) is 29.9. The highest BCUT2D eigenvalue weighted by Crippen LogP contribution is 2.24. The number of carboxylic acid groups (broad SMARTS) is 2. The molecule has 1 aliphatic rings. The first-order valence-electron chi connectivity index (χ1n) is 13.6. The number of hydrogen-bond donors (Lipinski definition) is 3. The van der Waals surface area contributed by atoms with Gasteiger partial charge in [0.2, 0.25) is 5.91 Å². The molecule has 1 fully saturated rings. The lowest BCUT2D eigenvalue weighted by Crippen LogP contribution is -2.57.